The Morgan fingerprint density at radius 3 is 2.78 bits per heavy atom. The number of ether oxygens (including phenoxy) is 1. The first-order valence-electron chi connectivity index (χ1n) is 4.73. The molecule has 0 spiro atoms. The second-order valence-corrected chi connectivity index (χ2v) is 5.02. The van der Waals surface area contributed by atoms with Crippen molar-refractivity contribution < 1.29 is 13.9 Å². The van der Waals surface area contributed by atoms with Gasteiger partial charge < -0.3 is 4.74 Å². The van der Waals surface area contributed by atoms with E-state index in [4.69, 9.17) is 23.2 Å². The molecule has 0 unspecified atom stereocenters. The molecule has 0 saturated heterocycles. The molecule has 1 heterocycles. The minimum Gasteiger partial charge on any atom is -0.465 e. The Hall–Kier alpha value is -1.17. The van der Waals surface area contributed by atoms with Crippen LogP contribution in [0.2, 0.25) is 10.2 Å². The molecule has 0 fully saturated rings. The molecule has 3 nitrogen and oxygen atoms in total. The summed E-state index contributed by atoms with van der Waals surface area (Å²) in [5.74, 6) is -1.08. The van der Waals surface area contributed by atoms with Crippen LogP contribution in [0.4, 0.5) is 4.39 Å². The van der Waals surface area contributed by atoms with Crippen LogP contribution in [0.1, 0.15) is 9.67 Å². The number of hydrogen-bond acceptors (Lipinski definition) is 4. The number of aromatic nitrogens is 1. The van der Waals surface area contributed by atoms with E-state index in [2.05, 4.69) is 9.72 Å². The zero-order chi connectivity index (χ0) is 13.3. The van der Waals surface area contributed by atoms with Gasteiger partial charge in [-0.15, -0.1) is 11.3 Å². The van der Waals surface area contributed by atoms with Gasteiger partial charge in [-0.1, -0.05) is 23.2 Å². The molecule has 7 heteroatoms. The van der Waals surface area contributed by atoms with Crippen LogP contribution in [0.25, 0.3) is 10.6 Å². The van der Waals surface area contributed by atoms with Crippen molar-refractivity contribution in [3.8, 4) is 10.6 Å². The lowest BCUT2D eigenvalue weighted by Gasteiger charge is -1.97. The largest absolute Gasteiger partial charge is 0.465 e. The normalized spacial score (nSPS) is 10.4. The zero-order valence-corrected chi connectivity index (χ0v) is 11.4. The minimum atomic E-state index is -0.558. The smallest absolute Gasteiger partial charge is 0.351 e. The van der Waals surface area contributed by atoms with Gasteiger partial charge in [0.15, 0.2) is 10.0 Å². The molecule has 0 amide bonds. The van der Waals surface area contributed by atoms with Gasteiger partial charge in [-0.05, 0) is 18.2 Å². The van der Waals surface area contributed by atoms with Crippen molar-refractivity contribution in [1.82, 2.24) is 4.98 Å². The lowest BCUT2D eigenvalue weighted by atomic mass is 10.2. The van der Waals surface area contributed by atoms with Crippen LogP contribution in [0.15, 0.2) is 18.2 Å². The Morgan fingerprint density at radius 2 is 2.17 bits per heavy atom. The molecular weight excluding hydrogens is 300 g/mol. The number of methoxy groups -OCH3 is 1. The van der Waals surface area contributed by atoms with Gasteiger partial charge in [0.1, 0.15) is 10.8 Å². The lowest BCUT2D eigenvalue weighted by molar-refractivity contribution is 0.0606. The maximum Gasteiger partial charge on any atom is 0.351 e. The highest BCUT2D eigenvalue weighted by Crippen LogP contribution is 2.32. The molecule has 94 valence electrons. The minimum absolute atomic E-state index is 0.0153. The van der Waals surface area contributed by atoms with E-state index in [9.17, 15) is 9.18 Å². The molecule has 18 heavy (non-hydrogen) atoms. The molecule has 2 aromatic rings. The number of thiazole rings is 1. The van der Waals surface area contributed by atoms with Crippen molar-refractivity contribution in [2.45, 2.75) is 0 Å². The highest BCUT2D eigenvalue weighted by molar-refractivity contribution is 7.17. The van der Waals surface area contributed by atoms with Crippen molar-refractivity contribution in [2.24, 2.45) is 0 Å². The first kappa shape index (κ1) is 13.3. The zero-order valence-electron chi connectivity index (χ0n) is 9.04. The SMILES string of the molecule is COC(=O)c1sc(-c2ccc(F)c(Cl)c2)nc1Cl. The molecule has 0 aliphatic rings. The lowest BCUT2D eigenvalue weighted by Crippen LogP contribution is -1.98. The summed E-state index contributed by atoms with van der Waals surface area (Å²) in [6.07, 6.45) is 0. The average Bonchev–Trinajstić information content (AvgIpc) is 2.74. The van der Waals surface area contributed by atoms with Crippen molar-refractivity contribution in [1.29, 1.82) is 0 Å². The fraction of sp³-hybridized carbons (Fsp3) is 0.0909. The quantitative estimate of drug-likeness (QED) is 0.786. The fourth-order valence-electron chi connectivity index (χ4n) is 1.27. The van der Waals surface area contributed by atoms with Crippen molar-refractivity contribution in [3.05, 3.63) is 39.1 Å². The van der Waals surface area contributed by atoms with Gasteiger partial charge >= 0.3 is 5.97 Å². The molecule has 0 radical (unpaired) electrons. The monoisotopic (exact) mass is 305 g/mol. The molecule has 0 atom stereocenters. The number of esters is 1. The van der Waals surface area contributed by atoms with Gasteiger partial charge in [-0.2, -0.15) is 0 Å². The molecule has 0 aliphatic heterocycles. The number of halogens is 3. The summed E-state index contributed by atoms with van der Waals surface area (Å²) in [6, 6.07) is 4.16. The van der Waals surface area contributed by atoms with E-state index in [-0.39, 0.29) is 15.1 Å². The maximum atomic E-state index is 13.0. The summed E-state index contributed by atoms with van der Waals surface area (Å²) in [5, 5.41) is 0.517. The Balaban J connectivity index is 2.45. The van der Waals surface area contributed by atoms with E-state index in [0.29, 0.717) is 10.6 Å². The van der Waals surface area contributed by atoms with Gasteiger partial charge in [-0.25, -0.2) is 14.2 Å². The van der Waals surface area contributed by atoms with Crippen LogP contribution in [0.3, 0.4) is 0 Å². The summed E-state index contributed by atoms with van der Waals surface area (Å²) in [6.45, 7) is 0. The molecule has 0 bridgehead atoms. The summed E-state index contributed by atoms with van der Waals surface area (Å²) in [4.78, 5) is 15.6. The van der Waals surface area contributed by atoms with Crippen molar-refractivity contribution >= 4 is 40.5 Å². The predicted octanol–water partition coefficient (Wildman–Crippen LogP) is 4.04. The molecule has 2 rings (SSSR count). The van der Waals surface area contributed by atoms with E-state index in [1.807, 2.05) is 0 Å². The molecular formula is C11H6Cl2FNO2S. The van der Waals surface area contributed by atoms with Gasteiger partial charge in [0.25, 0.3) is 0 Å². The third kappa shape index (κ3) is 2.48. The van der Waals surface area contributed by atoms with E-state index in [1.54, 1.807) is 0 Å². The van der Waals surface area contributed by atoms with E-state index in [0.717, 1.165) is 11.3 Å². The predicted molar refractivity (Wildman–Crippen MR) is 68.9 cm³/mol. The summed E-state index contributed by atoms with van der Waals surface area (Å²) in [5.41, 5.74) is 0.587. The van der Waals surface area contributed by atoms with Crippen LogP contribution >= 0.6 is 34.5 Å². The average molecular weight is 306 g/mol. The van der Waals surface area contributed by atoms with E-state index >= 15 is 0 Å². The van der Waals surface area contributed by atoms with Crippen molar-refractivity contribution in [2.75, 3.05) is 7.11 Å². The van der Waals surface area contributed by atoms with E-state index in [1.165, 1.54) is 25.3 Å². The number of benzene rings is 1. The van der Waals surface area contributed by atoms with Crippen molar-refractivity contribution in [3.63, 3.8) is 0 Å². The molecule has 1 aromatic carbocycles. The van der Waals surface area contributed by atoms with Gasteiger partial charge in [0.2, 0.25) is 0 Å². The number of rotatable bonds is 2. The first-order valence-corrected chi connectivity index (χ1v) is 6.30. The third-order valence-corrected chi connectivity index (χ3v) is 3.88. The van der Waals surface area contributed by atoms with Crippen LogP contribution in [0, 0.1) is 5.82 Å². The topological polar surface area (TPSA) is 39.2 Å². The van der Waals surface area contributed by atoms with Crippen LogP contribution < -0.4 is 0 Å². The highest BCUT2D eigenvalue weighted by atomic mass is 35.5. The summed E-state index contributed by atoms with van der Waals surface area (Å²) in [7, 11) is 1.26. The van der Waals surface area contributed by atoms with Crippen LogP contribution in [0.5, 0.6) is 0 Å². The van der Waals surface area contributed by atoms with E-state index < -0.39 is 11.8 Å². The Morgan fingerprint density at radius 1 is 1.44 bits per heavy atom. The summed E-state index contributed by atoms with van der Waals surface area (Å²) >= 11 is 12.6. The van der Waals surface area contributed by atoms with Gasteiger partial charge in [-0.3, -0.25) is 0 Å². The highest BCUT2D eigenvalue weighted by Gasteiger charge is 2.18. The first-order chi connectivity index (χ1) is 8.52. The molecule has 0 saturated carbocycles. The Labute approximate surface area is 116 Å². The maximum absolute atomic E-state index is 13.0. The fourth-order valence-corrected chi connectivity index (χ4v) is 2.65. The second kappa shape index (κ2) is 5.22. The number of nitrogens with zero attached hydrogens (tertiary/aromatic N) is 1. The van der Waals surface area contributed by atoms with Gasteiger partial charge in [0.05, 0.1) is 12.1 Å². The molecule has 1 aromatic heterocycles. The second-order valence-electron chi connectivity index (χ2n) is 3.26. The standard InChI is InChI=1S/C11H6Cl2FNO2S/c1-17-11(16)8-9(13)15-10(18-8)5-2-3-7(14)6(12)4-5/h2-4H,1H3. The number of hydrogen-bond donors (Lipinski definition) is 0. The number of carbonyl (C=O) groups is 1. The molecule has 0 N–H and O–H groups in total. The summed E-state index contributed by atoms with van der Waals surface area (Å²) < 4.78 is 17.6. The van der Waals surface area contributed by atoms with Gasteiger partial charge in [0, 0.05) is 5.56 Å². The van der Waals surface area contributed by atoms with Crippen LogP contribution in [-0.2, 0) is 4.74 Å². The Kier molecular flexibility index (Phi) is 3.85. The van der Waals surface area contributed by atoms with Crippen LogP contribution in [-0.4, -0.2) is 18.1 Å². The Bertz CT molecular complexity index is 615. The third-order valence-electron chi connectivity index (χ3n) is 2.12. The number of carbonyl (C=O) groups excluding carboxylic acids is 1. The molecule has 0 aliphatic carbocycles.